The Morgan fingerprint density at radius 3 is 2.88 bits per heavy atom. The van der Waals surface area contributed by atoms with Gasteiger partial charge in [-0.1, -0.05) is 49.2 Å². The Hall–Kier alpha value is -2.02. The monoisotopic (exact) mass is 502 g/mol. The van der Waals surface area contributed by atoms with Crippen molar-refractivity contribution in [1.29, 1.82) is 0 Å². The van der Waals surface area contributed by atoms with Crippen LogP contribution in [-0.4, -0.2) is 34.3 Å². The molecule has 5 nitrogen and oxygen atoms in total. The normalized spacial score (nSPS) is 21.7. The molecule has 0 bridgehead atoms. The number of rotatable bonds is 5. The van der Waals surface area contributed by atoms with E-state index in [0.29, 0.717) is 32.2 Å². The predicted octanol–water partition coefficient (Wildman–Crippen LogP) is 6.52. The highest BCUT2D eigenvalue weighted by atomic mass is 35.5. The maximum atomic E-state index is 13.4. The molecule has 4 rings (SSSR count). The smallest absolute Gasteiger partial charge is 0.259 e. The Morgan fingerprint density at radius 2 is 2.15 bits per heavy atom. The molecule has 174 valence electrons. The first-order valence-electron chi connectivity index (χ1n) is 11.1. The zero-order chi connectivity index (χ0) is 23.7. The van der Waals surface area contributed by atoms with Crippen molar-refractivity contribution >= 4 is 52.7 Å². The van der Waals surface area contributed by atoms with Gasteiger partial charge in [-0.05, 0) is 48.8 Å². The molecule has 0 amide bonds. The Morgan fingerprint density at radius 1 is 1.36 bits per heavy atom. The van der Waals surface area contributed by atoms with Gasteiger partial charge in [0.1, 0.15) is 5.82 Å². The fourth-order valence-electron chi connectivity index (χ4n) is 4.18. The zero-order valence-electron chi connectivity index (χ0n) is 19.2. The average Bonchev–Trinajstić information content (AvgIpc) is 2.82. The molecule has 0 radical (unpaired) electrons. The lowest BCUT2D eigenvalue weighted by Gasteiger charge is -2.24. The summed E-state index contributed by atoms with van der Waals surface area (Å²) >= 11 is 15.2. The van der Waals surface area contributed by atoms with Crippen molar-refractivity contribution < 1.29 is 0 Å². The van der Waals surface area contributed by atoms with Gasteiger partial charge in [0.05, 0.1) is 15.6 Å². The molecule has 3 unspecified atom stereocenters. The van der Waals surface area contributed by atoms with Crippen molar-refractivity contribution in [2.24, 2.45) is 17.0 Å². The maximum Gasteiger partial charge on any atom is 0.259 e. The minimum Gasteiger partial charge on any atom is -0.331 e. The van der Waals surface area contributed by atoms with Gasteiger partial charge in [0.25, 0.3) is 5.56 Å². The van der Waals surface area contributed by atoms with Crippen LogP contribution in [0.25, 0.3) is 11.1 Å². The molecule has 2 aromatic rings. The Labute approximate surface area is 209 Å². The van der Waals surface area contributed by atoms with Crippen LogP contribution < -0.4 is 10.9 Å². The third-order valence-electron chi connectivity index (χ3n) is 6.37. The van der Waals surface area contributed by atoms with E-state index in [2.05, 4.69) is 42.6 Å². The van der Waals surface area contributed by atoms with E-state index in [-0.39, 0.29) is 11.5 Å². The molecule has 0 fully saturated rings. The number of allylic oxidation sites excluding steroid dienone is 2. The van der Waals surface area contributed by atoms with E-state index in [1.165, 1.54) is 0 Å². The Balaban J connectivity index is 1.73. The fraction of sp³-hybridized carbons (Fsp3) is 0.400. The highest BCUT2D eigenvalue weighted by Crippen LogP contribution is 2.40. The first-order chi connectivity index (χ1) is 15.8. The lowest BCUT2D eigenvalue weighted by Crippen LogP contribution is -2.30. The number of fused-ring (bicyclic) bond motifs is 1. The van der Waals surface area contributed by atoms with Crippen molar-refractivity contribution in [2.75, 3.05) is 11.6 Å². The van der Waals surface area contributed by atoms with Gasteiger partial charge in [-0.2, -0.15) is 11.8 Å². The summed E-state index contributed by atoms with van der Waals surface area (Å²) in [6, 6.07) is 5.58. The molecule has 1 aromatic heterocycles. The fourth-order valence-corrected chi connectivity index (χ4v) is 5.59. The van der Waals surface area contributed by atoms with E-state index in [1.807, 2.05) is 30.0 Å². The van der Waals surface area contributed by atoms with Gasteiger partial charge in [0, 0.05) is 41.8 Å². The highest BCUT2D eigenvalue weighted by molar-refractivity contribution is 7.99. The van der Waals surface area contributed by atoms with Crippen LogP contribution in [0.5, 0.6) is 0 Å². The third kappa shape index (κ3) is 4.79. The molecule has 2 aliphatic rings. The van der Waals surface area contributed by atoms with E-state index in [9.17, 15) is 4.79 Å². The summed E-state index contributed by atoms with van der Waals surface area (Å²) in [6.07, 6.45) is 10.6. The first-order valence-corrected chi connectivity index (χ1v) is 13.2. The summed E-state index contributed by atoms with van der Waals surface area (Å²) < 4.78 is 1.59. The van der Waals surface area contributed by atoms with Gasteiger partial charge in [0.2, 0.25) is 6.29 Å². The second-order valence-corrected chi connectivity index (χ2v) is 10.4. The van der Waals surface area contributed by atoms with Crippen molar-refractivity contribution in [1.82, 2.24) is 4.57 Å². The molecule has 2 heterocycles. The Bertz CT molecular complexity index is 1220. The summed E-state index contributed by atoms with van der Waals surface area (Å²) in [5, 5.41) is 4.84. The highest BCUT2D eigenvalue weighted by Gasteiger charge is 2.24. The second-order valence-electron chi connectivity index (χ2n) is 8.48. The predicted molar refractivity (Wildman–Crippen MR) is 144 cm³/mol. The molecule has 0 spiro atoms. The Kier molecular flexibility index (Phi) is 7.37. The average molecular weight is 503 g/mol. The van der Waals surface area contributed by atoms with Gasteiger partial charge < -0.3 is 5.32 Å². The number of hydrogen-bond donors (Lipinski definition) is 1. The number of anilines is 1. The van der Waals surface area contributed by atoms with Crippen LogP contribution in [0.15, 0.2) is 45.1 Å². The summed E-state index contributed by atoms with van der Waals surface area (Å²) in [7, 11) is 1.74. The molecule has 8 heteroatoms. The number of aliphatic imine (C=N–C) groups is 2. The molecule has 1 aliphatic carbocycles. The number of halogens is 2. The van der Waals surface area contributed by atoms with Crippen molar-refractivity contribution in [3.63, 3.8) is 0 Å². The number of aromatic nitrogens is 1. The van der Waals surface area contributed by atoms with Crippen LogP contribution in [0.2, 0.25) is 10.0 Å². The molecule has 0 saturated carbocycles. The topological polar surface area (TPSA) is 58.8 Å². The van der Waals surface area contributed by atoms with Gasteiger partial charge in [-0.25, -0.2) is 9.98 Å². The van der Waals surface area contributed by atoms with Crippen LogP contribution in [-0.2, 0) is 7.05 Å². The van der Waals surface area contributed by atoms with Gasteiger partial charge in [-0.15, -0.1) is 0 Å². The summed E-state index contributed by atoms with van der Waals surface area (Å²) in [5.74, 6) is 0.942. The minimum atomic E-state index is -0.463. The number of thioether (sulfide) groups is 1. The van der Waals surface area contributed by atoms with E-state index in [0.717, 1.165) is 36.1 Å². The number of nitrogens with one attached hydrogen (secondary N) is 1. The SMILES string of the molecule is CCC(C)c1ccc(Cl)c(-c2cc3c(n(C)c2=O)NC(N=C2C=CCC(SC)C2)N=C3)c1Cl. The van der Waals surface area contributed by atoms with Gasteiger partial charge in [-0.3, -0.25) is 9.36 Å². The molecule has 33 heavy (non-hydrogen) atoms. The summed E-state index contributed by atoms with van der Waals surface area (Å²) in [6.45, 7) is 4.23. The van der Waals surface area contributed by atoms with Crippen molar-refractivity contribution in [2.45, 2.75) is 50.6 Å². The molecule has 1 N–H and O–H groups in total. The molecule has 1 aliphatic heterocycles. The number of hydrogen-bond acceptors (Lipinski definition) is 5. The number of benzene rings is 1. The van der Waals surface area contributed by atoms with Crippen LogP contribution in [0, 0.1) is 0 Å². The van der Waals surface area contributed by atoms with Crippen LogP contribution >= 0.6 is 35.0 Å². The van der Waals surface area contributed by atoms with E-state index < -0.39 is 6.29 Å². The van der Waals surface area contributed by atoms with Crippen molar-refractivity contribution in [3.05, 3.63) is 61.9 Å². The number of pyridine rings is 1. The van der Waals surface area contributed by atoms with E-state index >= 15 is 0 Å². The third-order valence-corrected chi connectivity index (χ3v) is 8.11. The molecular formula is C25H28Cl2N4OS. The van der Waals surface area contributed by atoms with Crippen LogP contribution in [0.3, 0.4) is 0 Å². The van der Waals surface area contributed by atoms with Gasteiger partial charge >= 0.3 is 0 Å². The van der Waals surface area contributed by atoms with E-state index in [4.69, 9.17) is 28.2 Å². The standard InChI is InChI=1S/C25H28Cl2N4OS/c1-5-14(2)18-9-10-20(26)21(22(18)27)19-11-15-13-28-25(30-23(15)31(3)24(19)32)29-16-7-6-8-17(12-16)33-4/h6-7,9-11,13-14,17,25,30H,5,8,12H2,1-4H3. The van der Waals surface area contributed by atoms with Crippen LogP contribution in [0.4, 0.5) is 5.82 Å². The number of nitrogens with zero attached hydrogens (tertiary/aromatic N) is 3. The molecular weight excluding hydrogens is 475 g/mol. The van der Waals surface area contributed by atoms with Crippen LogP contribution in [0.1, 0.15) is 50.2 Å². The lowest BCUT2D eigenvalue weighted by molar-refractivity contribution is 0.734. The zero-order valence-corrected chi connectivity index (χ0v) is 21.6. The molecule has 3 atom stereocenters. The largest absolute Gasteiger partial charge is 0.331 e. The molecule has 1 aromatic carbocycles. The lowest BCUT2D eigenvalue weighted by atomic mass is 9.94. The molecule has 0 saturated heterocycles. The maximum absolute atomic E-state index is 13.4. The van der Waals surface area contributed by atoms with E-state index in [1.54, 1.807) is 17.8 Å². The van der Waals surface area contributed by atoms with Gasteiger partial charge in [0.15, 0.2) is 0 Å². The quantitative estimate of drug-likeness (QED) is 0.505. The minimum absolute atomic E-state index is 0.173. The van der Waals surface area contributed by atoms with Crippen molar-refractivity contribution in [3.8, 4) is 11.1 Å². The summed E-state index contributed by atoms with van der Waals surface area (Å²) in [4.78, 5) is 22.7. The summed E-state index contributed by atoms with van der Waals surface area (Å²) in [5.41, 5.74) is 3.67. The first kappa shape index (κ1) is 24.1. The second kappa shape index (κ2) is 10.1.